The van der Waals surface area contributed by atoms with Crippen LogP contribution in [0.25, 0.3) is 0 Å². The molecule has 7 nitrogen and oxygen atoms in total. The zero-order valence-corrected chi connectivity index (χ0v) is 16.9. The van der Waals surface area contributed by atoms with Gasteiger partial charge in [0.05, 0.1) is 30.2 Å². The lowest BCUT2D eigenvalue weighted by Crippen LogP contribution is -2.41. The minimum atomic E-state index is -3.04. The van der Waals surface area contributed by atoms with Crippen molar-refractivity contribution in [2.45, 2.75) is 52.1 Å². The van der Waals surface area contributed by atoms with Crippen LogP contribution in [0.4, 0.5) is 8.78 Å². The Labute approximate surface area is 168 Å². The van der Waals surface area contributed by atoms with Crippen LogP contribution in [0.2, 0.25) is 0 Å². The van der Waals surface area contributed by atoms with Gasteiger partial charge in [0.2, 0.25) is 0 Å². The Morgan fingerprint density at radius 2 is 1.76 bits per heavy atom. The third-order valence-electron chi connectivity index (χ3n) is 4.97. The third kappa shape index (κ3) is 4.76. The van der Waals surface area contributed by atoms with E-state index in [2.05, 4.69) is 14.7 Å². The van der Waals surface area contributed by atoms with E-state index in [4.69, 9.17) is 18.8 Å². The topological polar surface area (TPSA) is 71.9 Å². The molecule has 1 fully saturated rings. The van der Waals surface area contributed by atoms with Crippen LogP contribution in [0.15, 0.2) is 30.6 Å². The Morgan fingerprint density at radius 1 is 1.07 bits per heavy atom. The molecule has 0 atom stereocenters. The van der Waals surface area contributed by atoms with Crippen molar-refractivity contribution in [2.75, 3.05) is 7.11 Å². The standard InChI is InChI=1S/C19H23BF2N2O5/c1-18(2)19(3,4)29-20(28-18)12-8-15(27-17(21)22)16(24-9-12)26-11-13-6-7-14(25-5)10-23-13/h6-10,17H,11H2,1-5H3. The number of pyridine rings is 2. The third-order valence-corrected chi connectivity index (χ3v) is 4.97. The van der Waals surface area contributed by atoms with Gasteiger partial charge in [-0.1, -0.05) is 0 Å². The molecule has 2 aromatic heterocycles. The molecule has 0 unspecified atom stereocenters. The number of hydrogen-bond donors (Lipinski definition) is 0. The van der Waals surface area contributed by atoms with Crippen molar-refractivity contribution in [2.24, 2.45) is 0 Å². The van der Waals surface area contributed by atoms with Crippen molar-refractivity contribution in [3.05, 3.63) is 36.3 Å². The van der Waals surface area contributed by atoms with Crippen molar-refractivity contribution in [1.29, 1.82) is 0 Å². The highest BCUT2D eigenvalue weighted by atomic mass is 19.3. The smallest absolute Gasteiger partial charge is 0.495 e. The molecule has 0 spiro atoms. The summed E-state index contributed by atoms with van der Waals surface area (Å²) in [5, 5.41) is 0. The Balaban J connectivity index is 1.79. The number of aromatic nitrogens is 2. The predicted molar refractivity (Wildman–Crippen MR) is 102 cm³/mol. The van der Waals surface area contributed by atoms with Crippen LogP contribution in [0.3, 0.4) is 0 Å². The number of hydrogen-bond acceptors (Lipinski definition) is 7. The second-order valence-corrected chi connectivity index (χ2v) is 7.52. The van der Waals surface area contributed by atoms with Crippen molar-refractivity contribution in [3.8, 4) is 17.4 Å². The first-order valence-electron chi connectivity index (χ1n) is 9.03. The number of rotatable bonds is 7. The van der Waals surface area contributed by atoms with E-state index in [-0.39, 0.29) is 18.2 Å². The van der Waals surface area contributed by atoms with Crippen molar-refractivity contribution >= 4 is 12.6 Å². The van der Waals surface area contributed by atoms with E-state index in [1.807, 2.05) is 27.7 Å². The molecule has 0 aliphatic carbocycles. The molecule has 0 radical (unpaired) electrons. The fourth-order valence-corrected chi connectivity index (χ4v) is 2.60. The van der Waals surface area contributed by atoms with Gasteiger partial charge in [-0.2, -0.15) is 8.78 Å². The van der Waals surface area contributed by atoms with Gasteiger partial charge in [0.1, 0.15) is 12.4 Å². The molecule has 156 valence electrons. The average molecular weight is 408 g/mol. The molecule has 0 saturated carbocycles. The zero-order chi connectivity index (χ0) is 21.2. The van der Waals surface area contributed by atoms with Gasteiger partial charge in [-0.3, -0.25) is 4.98 Å². The number of ether oxygens (including phenoxy) is 3. The molecule has 3 rings (SSSR count). The van der Waals surface area contributed by atoms with E-state index >= 15 is 0 Å². The largest absolute Gasteiger partial charge is 0.496 e. The van der Waals surface area contributed by atoms with Crippen LogP contribution in [0.1, 0.15) is 33.4 Å². The first-order chi connectivity index (χ1) is 13.6. The van der Waals surface area contributed by atoms with Crippen LogP contribution >= 0.6 is 0 Å². The van der Waals surface area contributed by atoms with Gasteiger partial charge in [0.25, 0.3) is 5.88 Å². The van der Waals surface area contributed by atoms with Crippen LogP contribution in [-0.4, -0.2) is 42.0 Å². The number of nitrogens with zero attached hydrogens (tertiary/aromatic N) is 2. The molecule has 0 bridgehead atoms. The number of halogens is 2. The van der Waals surface area contributed by atoms with E-state index in [0.717, 1.165) is 0 Å². The maximum atomic E-state index is 12.9. The summed E-state index contributed by atoms with van der Waals surface area (Å²) in [6.07, 6.45) is 2.99. The van der Waals surface area contributed by atoms with E-state index in [9.17, 15) is 8.78 Å². The number of methoxy groups -OCH3 is 1. The van der Waals surface area contributed by atoms with Crippen molar-refractivity contribution in [3.63, 3.8) is 0 Å². The summed E-state index contributed by atoms with van der Waals surface area (Å²) >= 11 is 0. The van der Waals surface area contributed by atoms with Crippen LogP contribution < -0.4 is 19.7 Å². The highest BCUT2D eigenvalue weighted by Gasteiger charge is 2.52. The van der Waals surface area contributed by atoms with Gasteiger partial charge in [0, 0.05) is 11.7 Å². The monoisotopic (exact) mass is 408 g/mol. The summed E-state index contributed by atoms with van der Waals surface area (Å²) in [6.45, 7) is 4.58. The molecule has 1 saturated heterocycles. The van der Waals surface area contributed by atoms with Gasteiger partial charge in [-0.25, -0.2) is 4.98 Å². The molecule has 2 aromatic rings. The fourth-order valence-electron chi connectivity index (χ4n) is 2.60. The summed E-state index contributed by atoms with van der Waals surface area (Å²) in [5.74, 6) is 0.310. The maximum Gasteiger partial charge on any atom is 0.496 e. The van der Waals surface area contributed by atoms with Crippen LogP contribution in [0, 0.1) is 0 Å². The molecule has 0 N–H and O–H groups in total. The van der Waals surface area contributed by atoms with Gasteiger partial charge < -0.3 is 23.5 Å². The summed E-state index contributed by atoms with van der Waals surface area (Å²) in [4.78, 5) is 8.29. The average Bonchev–Trinajstić information content (AvgIpc) is 2.88. The van der Waals surface area contributed by atoms with Gasteiger partial charge in [-0.05, 0) is 45.9 Å². The molecule has 10 heteroatoms. The fraction of sp³-hybridized carbons (Fsp3) is 0.474. The zero-order valence-electron chi connectivity index (χ0n) is 16.9. The summed E-state index contributed by atoms with van der Waals surface area (Å²) < 4.78 is 52.9. The minimum absolute atomic E-state index is 0.0203. The molecule has 29 heavy (non-hydrogen) atoms. The lowest BCUT2D eigenvalue weighted by atomic mass is 9.80. The molecule has 1 aliphatic heterocycles. The van der Waals surface area contributed by atoms with Crippen LogP contribution in [-0.2, 0) is 15.9 Å². The van der Waals surface area contributed by atoms with Gasteiger partial charge in [-0.15, -0.1) is 0 Å². The second-order valence-electron chi connectivity index (χ2n) is 7.52. The second kappa shape index (κ2) is 8.12. The minimum Gasteiger partial charge on any atom is -0.495 e. The SMILES string of the molecule is COc1ccc(COc2ncc(B3OC(C)(C)C(C)(C)O3)cc2OC(F)F)nc1. The first-order valence-corrected chi connectivity index (χ1v) is 9.03. The van der Waals surface area contributed by atoms with Crippen molar-refractivity contribution in [1.82, 2.24) is 9.97 Å². The maximum absolute atomic E-state index is 12.9. The summed E-state index contributed by atoms with van der Waals surface area (Å²) in [5.41, 5.74) is -0.118. The molecule has 1 aliphatic rings. The summed E-state index contributed by atoms with van der Waals surface area (Å²) in [6, 6.07) is 4.81. The van der Waals surface area contributed by atoms with Gasteiger partial charge in [0.15, 0.2) is 5.75 Å². The molecule has 0 aromatic carbocycles. The van der Waals surface area contributed by atoms with Crippen LogP contribution in [0.5, 0.6) is 17.4 Å². The Morgan fingerprint density at radius 3 is 2.31 bits per heavy atom. The predicted octanol–water partition coefficient (Wildman–Crippen LogP) is 2.96. The number of alkyl halides is 2. The van der Waals surface area contributed by atoms with E-state index in [0.29, 0.717) is 16.9 Å². The molecular weight excluding hydrogens is 385 g/mol. The Bertz CT molecular complexity index is 833. The summed E-state index contributed by atoms with van der Waals surface area (Å²) in [7, 11) is 0.775. The highest BCUT2D eigenvalue weighted by Crippen LogP contribution is 2.37. The molecular formula is C19H23BF2N2O5. The quantitative estimate of drug-likeness (QED) is 0.653. The lowest BCUT2D eigenvalue weighted by Gasteiger charge is -2.32. The van der Waals surface area contributed by atoms with E-state index < -0.39 is 24.9 Å². The molecule has 0 amide bonds. The van der Waals surface area contributed by atoms with Crippen molar-refractivity contribution < 1.29 is 32.3 Å². The lowest BCUT2D eigenvalue weighted by molar-refractivity contribution is -0.0519. The van der Waals surface area contributed by atoms with E-state index in [1.165, 1.54) is 25.6 Å². The Hall–Kier alpha value is -2.46. The Kier molecular flexibility index (Phi) is 5.95. The first kappa shape index (κ1) is 21.3. The van der Waals surface area contributed by atoms with Gasteiger partial charge >= 0.3 is 13.7 Å². The highest BCUT2D eigenvalue weighted by molar-refractivity contribution is 6.62. The van der Waals surface area contributed by atoms with E-state index in [1.54, 1.807) is 12.1 Å². The molecule has 3 heterocycles. The normalized spacial score (nSPS) is 17.4.